The maximum atomic E-state index is 14.3. The molecule has 0 bridgehead atoms. The average molecular weight is 563 g/mol. The first-order chi connectivity index (χ1) is 20.8. The second kappa shape index (κ2) is 8.38. The van der Waals surface area contributed by atoms with E-state index in [0.29, 0.717) is 5.92 Å². The molecule has 0 spiro atoms. The number of benzene rings is 4. The van der Waals surface area contributed by atoms with Gasteiger partial charge in [0, 0.05) is 49.8 Å². The zero-order valence-corrected chi connectivity index (χ0v) is 25.2. The van der Waals surface area contributed by atoms with Crippen LogP contribution in [-0.4, -0.2) is 10.6 Å². The minimum atomic E-state index is -0.214. The molecule has 2 aliphatic heterocycles. The maximum Gasteiger partial charge on any atom is 0.123 e. The number of fused-ring (bicyclic) bond motifs is 2. The number of hydrogen-bond donors (Lipinski definition) is 0. The number of hydrogen-bond acceptors (Lipinski definition) is 1. The number of aromatic nitrogens is 1. The molecule has 2 aliphatic carbocycles. The predicted octanol–water partition coefficient (Wildman–Crippen LogP) is 8.59. The lowest BCUT2D eigenvalue weighted by Crippen LogP contribution is -2.50. The highest BCUT2D eigenvalue weighted by molar-refractivity contribution is 5.99. The van der Waals surface area contributed by atoms with Crippen LogP contribution in [0.1, 0.15) is 46.1 Å². The van der Waals surface area contributed by atoms with Crippen LogP contribution < -0.4 is 15.5 Å². The van der Waals surface area contributed by atoms with Crippen molar-refractivity contribution < 1.29 is 4.39 Å². The van der Waals surface area contributed by atoms with Gasteiger partial charge in [-0.2, -0.15) is 0 Å². The van der Waals surface area contributed by atoms with Crippen LogP contribution in [-0.2, 0) is 5.41 Å². The molecule has 5 aromatic rings. The molecule has 0 saturated heterocycles. The Balaban J connectivity index is 1.38. The minimum Gasteiger partial charge on any atom is -0.334 e. The maximum absolute atomic E-state index is 14.3. The Morgan fingerprint density at radius 3 is 2.42 bits per heavy atom. The molecule has 0 N–H and O–H groups in total. The van der Waals surface area contributed by atoms with Crippen molar-refractivity contribution in [2.24, 2.45) is 11.3 Å². The van der Waals surface area contributed by atoms with Gasteiger partial charge in [0.2, 0.25) is 0 Å². The number of halogens is 1. The molecule has 1 aromatic heterocycles. The zero-order valence-electron chi connectivity index (χ0n) is 25.2. The van der Waals surface area contributed by atoms with Crippen LogP contribution in [0.4, 0.5) is 15.8 Å². The van der Waals surface area contributed by atoms with Crippen molar-refractivity contribution in [3.8, 4) is 0 Å². The van der Waals surface area contributed by atoms with Crippen LogP contribution in [0.5, 0.6) is 0 Å². The summed E-state index contributed by atoms with van der Waals surface area (Å²) in [5, 5.41) is 6.51. The Kier molecular flexibility index (Phi) is 4.90. The average Bonchev–Trinajstić information content (AvgIpc) is 3.35. The highest BCUT2D eigenvalue weighted by Gasteiger charge is 2.48. The Morgan fingerprint density at radius 1 is 0.837 bits per heavy atom. The molecule has 4 aliphatic rings. The second-order valence-electron chi connectivity index (χ2n) is 13.9. The van der Waals surface area contributed by atoms with Gasteiger partial charge in [-0.15, -0.1) is 0 Å². The fraction of sp³-hybridized carbons (Fsp3) is 0.250. The highest BCUT2D eigenvalue weighted by Crippen LogP contribution is 2.56. The van der Waals surface area contributed by atoms with Gasteiger partial charge in [0.25, 0.3) is 0 Å². The predicted molar refractivity (Wildman–Crippen MR) is 177 cm³/mol. The van der Waals surface area contributed by atoms with E-state index in [2.05, 4.69) is 116 Å². The number of nitrogens with zero attached hydrogens (tertiary/aromatic N) is 2. The standard InChI is InChI=1S/C40H35FN2/c1-39(2)31-14-8-13-29-30-22-27(23-34-37(30)43(36(29)31)38-32(39)15-9-16-33(38)40(34,3)4)42(26-20-18-25(41)19-21-26)35-17-7-11-24-10-5-6-12-28(24)35/h5-14,16-22,27,32H,15,23H2,1-4H3. The van der Waals surface area contributed by atoms with Crippen molar-refractivity contribution in [1.82, 2.24) is 4.57 Å². The number of rotatable bonds is 3. The summed E-state index contributed by atoms with van der Waals surface area (Å²) in [6.45, 7) is 9.77. The number of anilines is 2. The van der Waals surface area contributed by atoms with E-state index < -0.39 is 0 Å². The SMILES string of the molecule is CC1(C)C2=C3C(CC=C2)C(C)(C)c2cccc4c5c(n3c24)=C1CC(N(c1ccc(F)cc1)c1cccc2ccccc12)C=5. The lowest BCUT2D eigenvalue weighted by atomic mass is 9.61. The van der Waals surface area contributed by atoms with Crippen LogP contribution in [0.25, 0.3) is 39.0 Å². The van der Waals surface area contributed by atoms with E-state index in [-0.39, 0.29) is 22.7 Å². The smallest absolute Gasteiger partial charge is 0.123 e. The quantitative estimate of drug-likeness (QED) is 0.214. The lowest BCUT2D eigenvalue weighted by Gasteiger charge is -2.49. The molecule has 2 atom stereocenters. The van der Waals surface area contributed by atoms with Gasteiger partial charge in [0.1, 0.15) is 5.82 Å². The molecule has 0 radical (unpaired) electrons. The Hall–Kier alpha value is -4.37. The van der Waals surface area contributed by atoms with E-state index in [1.54, 1.807) is 12.1 Å². The van der Waals surface area contributed by atoms with Gasteiger partial charge in [-0.05, 0) is 65.3 Å². The van der Waals surface area contributed by atoms with Crippen LogP contribution in [0.15, 0.2) is 103 Å². The molecule has 0 amide bonds. The van der Waals surface area contributed by atoms with E-state index in [0.717, 1.165) is 24.2 Å². The van der Waals surface area contributed by atoms with Gasteiger partial charge >= 0.3 is 0 Å². The minimum absolute atomic E-state index is 0.0396. The molecule has 2 unspecified atom stereocenters. The van der Waals surface area contributed by atoms with Gasteiger partial charge < -0.3 is 9.47 Å². The van der Waals surface area contributed by atoms with Crippen LogP contribution in [0, 0.1) is 17.2 Å². The molecule has 0 saturated carbocycles. The van der Waals surface area contributed by atoms with Crippen molar-refractivity contribution in [3.05, 3.63) is 125 Å². The summed E-state index contributed by atoms with van der Waals surface area (Å²) in [5.41, 5.74) is 9.40. The van der Waals surface area contributed by atoms with Crippen LogP contribution in [0.2, 0.25) is 0 Å². The Labute approximate surface area is 251 Å². The van der Waals surface area contributed by atoms with Crippen molar-refractivity contribution >= 4 is 50.4 Å². The summed E-state index contributed by atoms with van der Waals surface area (Å²) < 4.78 is 16.9. The first kappa shape index (κ1) is 25.2. The third-order valence-corrected chi connectivity index (χ3v) is 11.0. The summed E-state index contributed by atoms with van der Waals surface area (Å²) in [6.07, 6.45) is 9.32. The van der Waals surface area contributed by atoms with Crippen molar-refractivity contribution in [2.45, 2.75) is 52.0 Å². The van der Waals surface area contributed by atoms with Crippen LogP contribution >= 0.6 is 0 Å². The molecule has 0 fully saturated rings. The third-order valence-electron chi connectivity index (χ3n) is 11.0. The molecule has 9 rings (SSSR count). The summed E-state index contributed by atoms with van der Waals surface area (Å²) in [6, 6.07) is 29.2. The first-order valence-corrected chi connectivity index (χ1v) is 15.6. The van der Waals surface area contributed by atoms with E-state index in [1.165, 1.54) is 54.6 Å². The summed E-state index contributed by atoms with van der Waals surface area (Å²) in [4.78, 5) is 2.45. The molecule has 4 aromatic carbocycles. The largest absolute Gasteiger partial charge is 0.334 e. The topological polar surface area (TPSA) is 8.17 Å². The lowest BCUT2D eigenvalue weighted by molar-refractivity contribution is 0.366. The fourth-order valence-corrected chi connectivity index (χ4v) is 8.89. The monoisotopic (exact) mass is 562 g/mol. The van der Waals surface area contributed by atoms with Crippen molar-refractivity contribution in [1.29, 1.82) is 0 Å². The van der Waals surface area contributed by atoms with E-state index >= 15 is 0 Å². The normalized spacial score (nSPS) is 22.2. The fourth-order valence-electron chi connectivity index (χ4n) is 8.89. The Morgan fingerprint density at radius 2 is 1.58 bits per heavy atom. The van der Waals surface area contributed by atoms with Crippen molar-refractivity contribution in [3.63, 3.8) is 0 Å². The second-order valence-corrected chi connectivity index (χ2v) is 13.9. The Bertz CT molecular complexity index is 2200. The van der Waals surface area contributed by atoms with Gasteiger partial charge in [-0.3, -0.25) is 0 Å². The van der Waals surface area contributed by atoms with Gasteiger partial charge in [0.15, 0.2) is 0 Å². The van der Waals surface area contributed by atoms with Gasteiger partial charge in [-0.25, -0.2) is 4.39 Å². The first-order valence-electron chi connectivity index (χ1n) is 15.6. The number of para-hydroxylation sites is 1. The molecular weight excluding hydrogens is 527 g/mol. The summed E-state index contributed by atoms with van der Waals surface area (Å²) in [5.74, 6) is 0.237. The molecule has 3 heteroatoms. The molecular formula is C40H35FN2. The van der Waals surface area contributed by atoms with Crippen LogP contribution in [0.3, 0.4) is 0 Å². The van der Waals surface area contributed by atoms with Gasteiger partial charge in [0.05, 0.1) is 16.9 Å². The molecule has 43 heavy (non-hydrogen) atoms. The van der Waals surface area contributed by atoms with Gasteiger partial charge in [-0.1, -0.05) is 101 Å². The van der Waals surface area contributed by atoms with E-state index in [9.17, 15) is 4.39 Å². The van der Waals surface area contributed by atoms with E-state index in [1.807, 2.05) is 12.1 Å². The number of allylic oxidation sites excluding steroid dienone is 4. The summed E-state index contributed by atoms with van der Waals surface area (Å²) in [7, 11) is 0. The molecule has 3 heterocycles. The highest BCUT2D eigenvalue weighted by atomic mass is 19.1. The molecule has 212 valence electrons. The zero-order chi connectivity index (χ0) is 29.2. The third kappa shape index (κ3) is 3.18. The van der Waals surface area contributed by atoms with E-state index in [4.69, 9.17) is 0 Å². The van der Waals surface area contributed by atoms with Crippen molar-refractivity contribution in [2.75, 3.05) is 4.90 Å². The summed E-state index contributed by atoms with van der Waals surface area (Å²) >= 11 is 0. The molecule has 2 nitrogen and oxygen atoms in total.